The zero-order valence-electron chi connectivity index (χ0n) is 11.5. The molecule has 3 N–H and O–H groups in total. The van der Waals surface area contributed by atoms with Gasteiger partial charge in [-0.2, -0.15) is 0 Å². The molecule has 0 bridgehead atoms. The van der Waals surface area contributed by atoms with Gasteiger partial charge in [0.2, 0.25) is 10.0 Å². The Hall–Kier alpha value is -0.980. The fraction of sp³-hybridized carbons (Fsp3) is 0.538. The Morgan fingerprint density at radius 1 is 1.32 bits per heavy atom. The molecular weight excluding hydrogens is 267 g/mol. The Bertz CT molecular complexity index is 531. The molecule has 0 aliphatic rings. The minimum absolute atomic E-state index is 0.0913. The summed E-state index contributed by atoms with van der Waals surface area (Å²) in [7, 11) is -3.70. The summed E-state index contributed by atoms with van der Waals surface area (Å²) in [5, 5.41) is 0. The maximum absolute atomic E-state index is 13.0. The summed E-state index contributed by atoms with van der Waals surface area (Å²) in [6, 6.07) is 3.62. The van der Waals surface area contributed by atoms with E-state index in [0.717, 1.165) is 6.07 Å². The molecule has 1 aromatic carbocycles. The van der Waals surface area contributed by atoms with Gasteiger partial charge < -0.3 is 5.73 Å². The molecule has 108 valence electrons. The van der Waals surface area contributed by atoms with Crippen molar-refractivity contribution in [2.24, 2.45) is 5.73 Å². The maximum Gasteiger partial charge on any atom is 0.241 e. The second kappa shape index (κ2) is 5.98. The second-order valence-electron chi connectivity index (χ2n) is 4.71. The number of benzene rings is 1. The lowest BCUT2D eigenvalue weighted by Crippen LogP contribution is -2.52. The molecule has 1 aromatic rings. The lowest BCUT2D eigenvalue weighted by Gasteiger charge is -2.31. The second-order valence-corrected chi connectivity index (χ2v) is 6.36. The lowest BCUT2D eigenvalue weighted by molar-refractivity contribution is 0.363. The Morgan fingerprint density at radius 2 is 1.89 bits per heavy atom. The van der Waals surface area contributed by atoms with E-state index in [9.17, 15) is 12.8 Å². The zero-order valence-corrected chi connectivity index (χ0v) is 12.3. The van der Waals surface area contributed by atoms with Crippen LogP contribution in [0.1, 0.15) is 32.3 Å². The van der Waals surface area contributed by atoms with Crippen LogP contribution in [0.3, 0.4) is 0 Å². The molecule has 4 nitrogen and oxygen atoms in total. The van der Waals surface area contributed by atoms with E-state index in [1.807, 2.05) is 13.8 Å². The number of nitrogens with one attached hydrogen (secondary N) is 1. The van der Waals surface area contributed by atoms with Crippen LogP contribution in [-0.2, 0) is 10.0 Å². The van der Waals surface area contributed by atoms with Gasteiger partial charge in [0, 0.05) is 12.1 Å². The van der Waals surface area contributed by atoms with Gasteiger partial charge in [-0.15, -0.1) is 0 Å². The molecule has 0 amide bonds. The highest BCUT2D eigenvalue weighted by Crippen LogP contribution is 2.21. The van der Waals surface area contributed by atoms with E-state index >= 15 is 0 Å². The van der Waals surface area contributed by atoms with Crippen LogP contribution in [0.4, 0.5) is 4.39 Å². The largest absolute Gasteiger partial charge is 0.329 e. The van der Waals surface area contributed by atoms with Crippen LogP contribution in [0.25, 0.3) is 0 Å². The molecule has 0 saturated carbocycles. The molecule has 19 heavy (non-hydrogen) atoms. The number of halogens is 1. The van der Waals surface area contributed by atoms with E-state index in [-0.39, 0.29) is 11.4 Å². The third kappa shape index (κ3) is 3.52. The molecule has 0 atom stereocenters. The Balaban J connectivity index is 3.17. The van der Waals surface area contributed by atoms with Crippen LogP contribution >= 0.6 is 0 Å². The van der Waals surface area contributed by atoms with Crippen molar-refractivity contribution >= 4 is 10.0 Å². The van der Waals surface area contributed by atoms with Crippen molar-refractivity contribution in [3.63, 3.8) is 0 Å². The van der Waals surface area contributed by atoms with Gasteiger partial charge >= 0.3 is 0 Å². The molecule has 0 spiro atoms. The fourth-order valence-electron chi connectivity index (χ4n) is 1.98. The molecule has 0 radical (unpaired) electrons. The molecule has 6 heteroatoms. The first kappa shape index (κ1) is 16.1. The van der Waals surface area contributed by atoms with Crippen LogP contribution in [0.15, 0.2) is 23.1 Å². The third-order valence-corrected chi connectivity index (χ3v) is 5.26. The van der Waals surface area contributed by atoms with Gasteiger partial charge in [-0.3, -0.25) is 0 Å². The van der Waals surface area contributed by atoms with E-state index in [1.54, 1.807) is 6.92 Å². The maximum atomic E-state index is 13.0. The van der Waals surface area contributed by atoms with Crippen molar-refractivity contribution in [3.8, 4) is 0 Å². The summed E-state index contributed by atoms with van der Waals surface area (Å²) >= 11 is 0. The van der Waals surface area contributed by atoms with Crippen molar-refractivity contribution in [3.05, 3.63) is 29.6 Å². The summed E-state index contributed by atoms with van der Waals surface area (Å²) in [4.78, 5) is 0.0913. The molecular formula is C13H21FN2O2S. The molecule has 0 fully saturated rings. The van der Waals surface area contributed by atoms with Crippen molar-refractivity contribution in [2.45, 2.75) is 44.0 Å². The summed E-state index contributed by atoms with van der Waals surface area (Å²) in [5.74, 6) is -0.451. The van der Waals surface area contributed by atoms with Crippen molar-refractivity contribution in [2.75, 3.05) is 6.54 Å². The van der Waals surface area contributed by atoms with Gasteiger partial charge in [-0.25, -0.2) is 17.5 Å². The van der Waals surface area contributed by atoms with Crippen LogP contribution in [-0.4, -0.2) is 20.5 Å². The lowest BCUT2D eigenvalue weighted by atomic mass is 9.95. The Morgan fingerprint density at radius 3 is 2.32 bits per heavy atom. The van der Waals surface area contributed by atoms with Crippen LogP contribution in [0.2, 0.25) is 0 Å². The highest BCUT2D eigenvalue weighted by molar-refractivity contribution is 7.89. The van der Waals surface area contributed by atoms with Gasteiger partial charge in [0.15, 0.2) is 0 Å². The highest BCUT2D eigenvalue weighted by Gasteiger charge is 2.31. The Kier molecular flexibility index (Phi) is 5.06. The minimum Gasteiger partial charge on any atom is -0.329 e. The smallest absolute Gasteiger partial charge is 0.241 e. The highest BCUT2D eigenvalue weighted by atomic mass is 32.2. The van der Waals surface area contributed by atoms with Gasteiger partial charge in [0.05, 0.1) is 4.90 Å². The molecule has 0 saturated heterocycles. The minimum atomic E-state index is -3.70. The van der Waals surface area contributed by atoms with E-state index in [2.05, 4.69) is 4.72 Å². The van der Waals surface area contributed by atoms with Crippen molar-refractivity contribution in [1.82, 2.24) is 4.72 Å². The zero-order chi connectivity index (χ0) is 14.7. The van der Waals surface area contributed by atoms with Crippen LogP contribution in [0.5, 0.6) is 0 Å². The number of hydrogen-bond acceptors (Lipinski definition) is 3. The predicted octanol–water partition coefficient (Wildman–Crippen LogP) is 1.93. The molecule has 0 aliphatic carbocycles. The van der Waals surface area contributed by atoms with Gasteiger partial charge in [-0.05, 0) is 43.5 Å². The number of sulfonamides is 1. The monoisotopic (exact) mass is 288 g/mol. The van der Waals surface area contributed by atoms with E-state index in [1.165, 1.54) is 12.1 Å². The number of aryl methyl sites for hydroxylation is 1. The average Bonchev–Trinajstić information content (AvgIpc) is 2.35. The number of hydrogen-bond donors (Lipinski definition) is 2. The van der Waals surface area contributed by atoms with Gasteiger partial charge in [0.25, 0.3) is 0 Å². The van der Waals surface area contributed by atoms with E-state index in [4.69, 9.17) is 5.73 Å². The Labute approximate surface area is 114 Å². The molecule has 0 unspecified atom stereocenters. The molecule has 0 aliphatic heterocycles. The summed E-state index contributed by atoms with van der Waals surface area (Å²) in [6.07, 6.45) is 1.19. The topological polar surface area (TPSA) is 72.2 Å². The van der Waals surface area contributed by atoms with Crippen LogP contribution < -0.4 is 10.5 Å². The molecule has 0 heterocycles. The molecule has 1 rings (SSSR count). The standard InChI is InChI=1S/C13H21FN2O2S/c1-4-13(5-2,9-15)16-19(17,18)12-7-6-11(14)8-10(12)3/h6-8,16H,4-5,9,15H2,1-3H3. The van der Waals surface area contributed by atoms with Crippen molar-refractivity contribution in [1.29, 1.82) is 0 Å². The third-order valence-electron chi connectivity index (χ3n) is 3.52. The fourth-order valence-corrected chi connectivity index (χ4v) is 3.76. The summed E-state index contributed by atoms with van der Waals surface area (Å²) < 4.78 is 40.4. The number of nitrogens with two attached hydrogens (primary N) is 1. The van der Waals surface area contributed by atoms with E-state index in [0.29, 0.717) is 18.4 Å². The first-order chi connectivity index (χ1) is 8.80. The van der Waals surface area contributed by atoms with Gasteiger partial charge in [0.1, 0.15) is 5.82 Å². The SMILES string of the molecule is CCC(CC)(CN)NS(=O)(=O)c1ccc(F)cc1C. The van der Waals surface area contributed by atoms with Gasteiger partial charge in [-0.1, -0.05) is 13.8 Å². The average molecular weight is 288 g/mol. The van der Waals surface area contributed by atoms with Crippen molar-refractivity contribution < 1.29 is 12.8 Å². The first-order valence-corrected chi connectivity index (χ1v) is 7.78. The van der Waals surface area contributed by atoms with E-state index < -0.39 is 21.4 Å². The first-order valence-electron chi connectivity index (χ1n) is 6.30. The molecule has 0 aromatic heterocycles. The van der Waals surface area contributed by atoms with Crippen LogP contribution in [0, 0.1) is 12.7 Å². The normalized spacial score (nSPS) is 12.7. The summed E-state index contributed by atoms with van der Waals surface area (Å²) in [5.41, 5.74) is 5.42. The summed E-state index contributed by atoms with van der Waals surface area (Å²) in [6.45, 7) is 5.56. The quantitative estimate of drug-likeness (QED) is 0.840. The number of rotatable bonds is 6. The predicted molar refractivity (Wildman–Crippen MR) is 73.8 cm³/mol.